The van der Waals surface area contributed by atoms with Gasteiger partial charge in [0.25, 0.3) is 0 Å². The number of aromatic hydroxyl groups is 1. The number of fused-ring (bicyclic) bond motifs is 1. The predicted octanol–water partition coefficient (Wildman–Crippen LogP) is 4.17. The molecule has 0 unspecified atom stereocenters. The highest BCUT2D eigenvalue weighted by Gasteiger charge is 2.23. The number of nitrogens with zero attached hydrogens (tertiary/aromatic N) is 2. The Balaban J connectivity index is 2.30. The van der Waals surface area contributed by atoms with E-state index < -0.39 is 9.84 Å². The molecule has 0 radical (unpaired) electrons. The quantitative estimate of drug-likeness (QED) is 0.717. The smallest absolute Gasteiger partial charge is 0.426 e. The highest BCUT2D eigenvalue weighted by atomic mass is 32.2. The minimum atomic E-state index is -3.72. The molecule has 0 fully saturated rings. The molecular weight excluding hydrogens is 312 g/mol. The Hall–Kier alpha value is -2.91. The van der Waals surface area contributed by atoms with Crippen LogP contribution >= 0.6 is 0 Å². The van der Waals surface area contributed by atoms with Crippen LogP contribution in [0.5, 0.6) is 5.75 Å². The highest BCUT2D eigenvalue weighted by Crippen LogP contribution is 2.38. The lowest BCUT2D eigenvalue weighted by Crippen LogP contribution is -2.02. The van der Waals surface area contributed by atoms with Crippen molar-refractivity contribution in [3.63, 3.8) is 0 Å². The molecule has 0 amide bonds. The number of phenolic OH excluding ortho intramolecular Hbond substituents is 1. The van der Waals surface area contributed by atoms with E-state index in [4.69, 9.17) is 5.39 Å². The molecule has 0 aliphatic heterocycles. The molecule has 0 bridgehead atoms. The first kappa shape index (κ1) is 15.0. The van der Waals surface area contributed by atoms with Crippen LogP contribution in [0, 0.1) is 12.3 Å². The Bertz CT molecular complexity index is 1050. The summed E-state index contributed by atoms with van der Waals surface area (Å²) in [6.07, 6.45) is 0. The summed E-state index contributed by atoms with van der Waals surface area (Å²) in [7, 11) is -3.72. The average Bonchev–Trinajstić information content (AvgIpc) is 2.55. The Kier molecular flexibility index (Phi) is 3.51. The van der Waals surface area contributed by atoms with Crippen molar-refractivity contribution >= 4 is 26.3 Å². The van der Waals surface area contributed by atoms with Gasteiger partial charge in [0.1, 0.15) is 0 Å². The minimum Gasteiger partial charge on any atom is -0.501 e. The number of sulfone groups is 1. The zero-order chi connectivity index (χ0) is 16.6. The molecular formula is C17H13N2O3S+. The van der Waals surface area contributed by atoms with E-state index in [1.165, 1.54) is 18.2 Å². The van der Waals surface area contributed by atoms with Gasteiger partial charge in [-0.05, 0) is 31.2 Å². The molecule has 0 aliphatic carbocycles. The summed E-state index contributed by atoms with van der Waals surface area (Å²) in [6.45, 7) is 1.88. The fourth-order valence-electron chi connectivity index (χ4n) is 2.46. The van der Waals surface area contributed by atoms with Crippen LogP contribution in [-0.2, 0) is 9.84 Å². The minimum absolute atomic E-state index is 0.0117. The first-order valence-corrected chi connectivity index (χ1v) is 8.35. The van der Waals surface area contributed by atoms with Crippen LogP contribution in [0.1, 0.15) is 5.56 Å². The number of rotatable bonds is 2. The van der Waals surface area contributed by atoms with Gasteiger partial charge in [-0.25, -0.2) is 8.42 Å². The van der Waals surface area contributed by atoms with Crippen molar-refractivity contribution in [3.05, 3.63) is 65.1 Å². The van der Waals surface area contributed by atoms with Crippen molar-refractivity contribution in [3.8, 4) is 5.75 Å². The second-order valence-corrected chi connectivity index (χ2v) is 7.12. The van der Waals surface area contributed by atoms with E-state index in [1.54, 1.807) is 36.4 Å². The molecule has 0 aliphatic rings. The molecule has 3 aromatic carbocycles. The van der Waals surface area contributed by atoms with Crippen molar-refractivity contribution in [2.45, 2.75) is 16.7 Å². The van der Waals surface area contributed by atoms with Gasteiger partial charge in [0.2, 0.25) is 21.0 Å². The first-order valence-electron chi connectivity index (χ1n) is 6.86. The molecule has 0 saturated carbocycles. The van der Waals surface area contributed by atoms with Crippen LogP contribution < -0.4 is 0 Å². The highest BCUT2D eigenvalue weighted by molar-refractivity contribution is 7.91. The predicted molar refractivity (Wildman–Crippen MR) is 87.0 cm³/mol. The van der Waals surface area contributed by atoms with Gasteiger partial charge in [-0.15, -0.1) is 0 Å². The summed E-state index contributed by atoms with van der Waals surface area (Å²) in [6, 6.07) is 14.1. The van der Waals surface area contributed by atoms with Crippen molar-refractivity contribution in [1.82, 2.24) is 0 Å². The van der Waals surface area contributed by atoms with Gasteiger partial charge in [-0.2, -0.15) is 0 Å². The van der Waals surface area contributed by atoms with Crippen LogP contribution in [0.3, 0.4) is 0 Å². The number of aryl methyl sites for hydroxylation is 1. The fourth-order valence-corrected chi connectivity index (χ4v) is 3.93. The molecule has 23 heavy (non-hydrogen) atoms. The lowest BCUT2D eigenvalue weighted by molar-refractivity contribution is 0.484. The maximum Gasteiger partial charge on any atom is 0.426 e. The van der Waals surface area contributed by atoms with Crippen LogP contribution in [0.25, 0.3) is 15.7 Å². The van der Waals surface area contributed by atoms with Gasteiger partial charge >= 0.3 is 5.69 Å². The number of benzene rings is 3. The van der Waals surface area contributed by atoms with Crippen LogP contribution in [-0.4, -0.2) is 13.5 Å². The average molecular weight is 325 g/mol. The molecule has 1 N–H and O–H groups in total. The maximum absolute atomic E-state index is 12.9. The van der Waals surface area contributed by atoms with Gasteiger partial charge in [-0.3, -0.25) is 0 Å². The largest absolute Gasteiger partial charge is 0.501 e. The molecule has 3 aromatic rings. The van der Waals surface area contributed by atoms with Gasteiger partial charge < -0.3 is 5.11 Å². The molecule has 0 aromatic heterocycles. The number of hydrogen-bond donors (Lipinski definition) is 1. The monoisotopic (exact) mass is 325 g/mol. The molecule has 0 atom stereocenters. The lowest BCUT2D eigenvalue weighted by atomic mass is 10.1. The van der Waals surface area contributed by atoms with Crippen molar-refractivity contribution in [2.75, 3.05) is 0 Å². The first-order chi connectivity index (χ1) is 10.9. The van der Waals surface area contributed by atoms with Crippen LogP contribution in [0.15, 0.2) is 64.4 Å². The van der Waals surface area contributed by atoms with E-state index in [9.17, 15) is 13.5 Å². The van der Waals surface area contributed by atoms with Crippen molar-refractivity contribution in [1.29, 1.82) is 5.39 Å². The van der Waals surface area contributed by atoms with E-state index in [-0.39, 0.29) is 21.2 Å². The van der Waals surface area contributed by atoms with Crippen LogP contribution in [0.2, 0.25) is 0 Å². The topological polar surface area (TPSA) is 82.5 Å². The lowest BCUT2D eigenvalue weighted by Gasteiger charge is -2.09. The third-order valence-corrected chi connectivity index (χ3v) is 5.53. The second kappa shape index (κ2) is 5.38. The summed E-state index contributed by atoms with van der Waals surface area (Å²) in [5.41, 5.74) is 0.955. The van der Waals surface area contributed by atoms with Crippen molar-refractivity contribution in [2.24, 2.45) is 0 Å². The van der Waals surface area contributed by atoms with E-state index >= 15 is 0 Å². The Morgan fingerprint density at radius 2 is 1.65 bits per heavy atom. The number of diazo groups is 1. The van der Waals surface area contributed by atoms with Crippen LogP contribution in [0.4, 0.5) is 5.69 Å². The Labute approximate surface area is 133 Å². The molecule has 0 spiro atoms. The zero-order valence-corrected chi connectivity index (χ0v) is 13.1. The SMILES string of the molecule is Cc1ccc(S(=O)(=O)c2cccc3c(O)c([N+]#N)ccc23)cc1. The third kappa shape index (κ3) is 2.41. The van der Waals surface area contributed by atoms with Gasteiger partial charge in [0.15, 0.2) is 4.98 Å². The number of phenols is 1. The Morgan fingerprint density at radius 3 is 2.30 bits per heavy atom. The molecule has 6 heteroatoms. The van der Waals surface area contributed by atoms with Crippen molar-refractivity contribution < 1.29 is 13.5 Å². The summed E-state index contributed by atoms with van der Waals surface area (Å²) in [4.78, 5) is 3.26. The molecule has 0 saturated heterocycles. The third-order valence-electron chi connectivity index (χ3n) is 3.70. The molecule has 0 heterocycles. The summed E-state index contributed by atoms with van der Waals surface area (Å²) in [5, 5.41) is 19.6. The van der Waals surface area contributed by atoms with E-state index in [2.05, 4.69) is 4.98 Å². The van der Waals surface area contributed by atoms with E-state index in [0.29, 0.717) is 10.8 Å². The van der Waals surface area contributed by atoms with Gasteiger partial charge in [0, 0.05) is 16.8 Å². The van der Waals surface area contributed by atoms with E-state index in [1.807, 2.05) is 6.92 Å². The summed E-state index contributed by atoms with van der Waals surface area (Å²) in [5.74, 6) is -0.258. The standard InChI is InChI=1S/C17H12N2O3S/c1-11-5-7-12(8-6-11)23(21,22)16-4-2-3-14-13(16)9-10-15(19-18)17(14)20/h2-10H,1H3/p+1. The normalized spacial score (nSPS) is 11.3. The number of hydrogen-bond acceptors (Lipinski definition) is 4. The summed E-state index contributed by atoms with van der Waals surface area (Å²) < 4.78 is 25.7. The Morgan fingerprint density at radius 1 is 0.957 bits per heavy atom. The fraction of sp³-hybridized carbons (Fsp3) is 0.0588. The zero-order valence-electron chi connectivity index (χ0n) is 12.3. The second-order valence-electron chi connectivity index (χ2n) is 5.20. The molecule has 5 nitrogen and oxygen atoms in total. The summed E-state index contributed by atoms with van der Waals surface area (Å²) >= 11 is 0. The molecule has 114 valence electrons. The van der Waals surface area contributed by atoms with E-state index in [0.717, 1.165) is 5.56 Å². The molecule has 3 rings (SSSR count). The maximum atomic E-state index is 12.9. The van der Waals surface area contributed by atoms with Gasteiger partial charge in [0.05, 0.1) is 9.79 Å². The van der Waals surface area contributed by atoms with Gasteiger partial charge in [-0.1, -0.05) is 29.8 Å².